The quantitative estimate of drug-likeness (QED) is 0.818. The van der Waals surface area contributed by atoms with Gasteiger partial charge < -0.3 is 0 Å². The number of hydrogen-bond acceptors (Lipinski definition) is 3. The fraction of sp³-hybridized carbons (Fsp3) is 0.250. The number of hydrogen-bond donors (Lipinski definition) is 0. The van der Waals surface area contributed by atoms with Crippen LogP contribution in [0, 0.1) is 0 Å². The molecule has 88 valence electrons. The van der Waals surface area contributed by atoms with Crippen LogP contribution in [0.2, 0.25) is 0 Å². The summed E-state index contributed by atoms with van der Waals surface area (Å²) in [5, 5.41) is 7.94. The highest BCUT2D eigenvalue weighted by molar-refractivity contribution is 9.10. The van der Waals surface area contributed by atoms with E-state index in [1.54, 1.807) is 4.68 Å². The lowest BCUT2D eigenvalue weighted by atomic mass is 10.1. The smallest absolute Gasteiger partial charge is 0.172 e. The van der Waals surface area contributed by atoms with Gasteiger partial charge in [-0.1, -0.05) is 31.2 Å². The van der Waals surface area contributed by atoms with Gasteiger partial charge in [-0.15, -0.1) is 5.10 Å². The van der Waals surface area contributed by atoms with Crippen LogP contribution >= 0.6 is 15.9 Å². The molecule has 4 nitrogen and oxygen atoms in total. The fourth-order valence-electron chi connectivity index (χ4n) is 1.73. The van der Waals surface area contributed by atoms with Crippen molar-refractivity contribution in [2.24, 2.45) is 0 Å². The highest BCUT2D eigenvalue weighted by Crippen LogP contribution is 2.25. The molecule has 1 aromatic heterocycles. The molecule has 0 saturated heterocycles. The lowest BCUT2D eigenvalue weighted by Gasteiger charge is -2.10. The van der Waals surface area contributed by atoms with Gasteiger partial charge in [-0.25, -0.2) is 4.68 Å². The third-order valence-corrected chi connectivity index (χ3v) is 3.14. The molecule has 0 aliphatic rings. The molecule has 0 aliphatic carbocycles. The van der Waals surface area contributed by atoms with Gasteiger partial charge in [0.1, 0.15) is 5.69 Å². The average Bonchev–Trinajstić information content (AvgIpc) is 2.73. The summed E-state index contributed by atoms with van der Waals surface area (Å²) >= 11 is 3.47. The molecule has 0 fully saturated rings. The van der Waals surface area contributed by atoms with E-state index in [0.717, 1.165) is 22.1 Å². The van der Waals surface area contributed by atoms with E-state index in [1.165, 1.54) is 0 Å². The summed E-state index contributed by atoms with van der Waals surface area (Å²) in [5.74, 6) is 0.178. The molecule has 2 rings (SSSR count). The molecular formula is C12H12BrN3O. The molecule has 5 heteroatoms. The first-order valence-electron chi connectivity index (χ1n) is 5.30. The molecule has 1 aromatic carbocycles. The molecule has 0 amide bonds. The van der Waals surface area contributed by atoms with Gasteiger partial charge in [-0.3, -0.25) is 4.79 Å². The zero-order valence-electron chi connectivity index (χ0n) is 9.59. The second-order valence-electron chi connectivity index (χ2n) is 4.00. The van der Waals surface area contributed by atoms with E-state index in [4.69, 9.17) is 0 Å². The minimum Gasteiger partial charge on any atom is -0.296 e. The Labute approximate surface area is 108 Å². The van der Waals surface area contributed by atoms with Gasteiger partial charge in [0.25, 0.3) is 0 Å². The standard InChI is InChI=1S/C12H12BrN3O/c1-8(2)12-10(7-17)14-15-16(12)11-6-4-3-5-9(11)13/h3-8H,1-2H3. The molecule has 0 unspecified atom stereocenters. The number of carbonyl (C=O) groups excluding carboxylic acids is 1. The Hall–Kier alpha value is -1.49. The molecule has 0 saturated carbocycles. The summed E-state index contributed by atoms with van der Waals surface area (Å²) in [6, 6.07) is 7.72. The van der Waals surface area contributed by atoms with Crippen molar-refractivity contribution in [1.82, 2.24) is 15.0 Å². The van der Waals surface area contributed by atoms with Gasteiger partial charge >= 0.3 is 0 Å². The Morgan fingerprint density at radius 3 is 2.65 bits per heavy atom. The van der Waals surface area contributed by atoms with Gasteiger partial charge in [0.2, 0.25) is 0 Å². The van der Waals surface area contributed by atoms with E-state index in [1.807, 2.05) is 38.1 Å². The van der Waals surface area contributed by atoms with Crippen LogP contribution < -0.4 is 0 Å². The largest absolute Gasteiger partial charge is 0.296 e. The lowest BCUT2D eigenvalue weighted by Crippen LogP contribution is -2.06. The van der Waals surface area contributed by atoms with Crippen molar-refractivity contribution in [2.45, 2.75) is 19.8 Å². The van der Waals surface area contributed by atoms with Gasteiger partial charge in [0.15, 0.2) is 6.29 Å². The van der Waals surface area contributed by atoms with E-state index in [-0.39, 0.29) is 5.92 Å². The Balaban J connectivity index is 2.64. The number of aromatic nitrogens is 3. The maximum atomic E-state index is 10.9. The second kappa shape index (κ2) is 4.79. The summed E-state index contributed by atoms with van der Waals surface area (Å²) in [6.45, 7) is 4.03. The molecular weight excluding hydrogens is 282 g/mol. The van der Waals surface area contributed by atoms with E-state index in [2.05, 4.69) is 26.2 Å². The molecule has 0 radical (unpaired) electrons. The third-order valence-electron chi connectivity index (χ3n) is 2.47. The van der Waals surface area contributed by atoms with Crippen LogP contribution in [-0.4, -0.2) is 21.3 Å². The number of aldehydes is 1. The van der Waals surface area contributed by atoms with Crippen LogP contribution in [0.25, 0.3) is 5.69 Å². The number of benzene rings is 1. The zero-order valence-corrected chi connectivity index (χ0v) is 11.2. The predicted octanol–water partition coefficient (Wildman–Crippen LogP) is 2.97. The lowest BCUT2D eigenvalue weighted by molar-refractivity contribution is 0.111. The van der Waals surface area contributed by atoms with Gasteiger partial charge in [-0.2, -0.15) is 0 Å². The first kappa shape index (κ1) is 12.0. The van der Waals surface area contributed by atoms with Crippen LogP contribution in [0.1, 0.15) is 35.9 Å². The number of nitrogens with zero attached hydrogens (tertiary/aromatic N) is 3. The fourth-order valence-corrected chi connectivity index (χ4v) is 2.18. The normalized spacial score (nSPS) is 10.8. The summed E-state index contributed by atoms with van der Waals surface area (Å²) in [7, 11) is 0. The number of carbonyl (C=O) groups is 1. The summed E-state index contributed by atoms with van der Waals surface area (Å²) in [6.07, 6.45) is 0.746. The molecule has 0 bridgehead atoms. The highest BCUT2D eigenvalue weighted by Gasteiger charge is 2.17. The van der Waals surface area contributed by atoms with E-state index >= 15 is 0 Å². The summed E-state index contributed by atoms with van der Waals surface area (Å²) in [5.41, 5.74) is 2.11. The van der Waals surface area contributed by atoms with Crippen molar-refractivity contribution in [3.8, 4) is 5.69 Å². The van der Waals surface area contributed by atoms with Crippen molar-refractivity contribution in [3.63, 3.8) is 0 Å². The number of rotatable bonds is 3. The molecule has 17 heavy (non-hydrogen) atoms. The Morgan fingerprint density at radius 2 is 2.06 bits per heavy atom. The van der Waals surface area contributed by atoms with E-state index in [0.29, 0.717) is 5.69 Å². The summed E-state index contributed by atoms with van der Waals surface area (Å²) < 4.78 is 2.63. The second-order valence-corrected chi connectivity index (χ2v) is 4.85. The molecule has 0 aliphatic heterocycles. The van der Waals surface area contributed by atoms with Crippen molar-refractivity contribution < 1.29 is 4.79 Å². The minimum atomic E-state index is 0.178. The average molecular weight is 294 g/mol. The molecule has 0 N–H and O–H groups in total. The number of halogens is 1. The van der Waals surface area contributed by atoms with Crippen LogP contribution in [0.15, 0.2) is 28.7 Å². The van der Waals surface area contributed by atoms with Gasteiger partial charge in [0, 0.05) is 4.47 Å². The van der Waals surface area contributed by atoms with Crippen LogP contribution in [0.3, 0.4) is 0 Å². The minimum absolute atomic E-state index is 0.178. The first-order valence-corrected chi connectivity index (χ1v) is 6.10. The zero-order chi connectivity index (χ0) is 12.4. The maximum absolute atomic E-state index is 10.9. The van der Waals surface area contributed by atoms with Crippen molar-refractivity contribution in [2.75, 3.05) is 0 Å². The topological polar surface area (TPSA) is 47.8 Å². The SMILES string of the molecule is CC(C)c1c(C=O)nnn1-c1ccccc1Br. The molecule has 1 heterocycles. The van der Waals surface area contributed by atoms with E-state index < -0.39 is 0 Å². The Kier molecular flexibility index (Phi) is 3.38. The van der Waals surface area contributed by atoms with Gasteiger partial charge in [-0.05, 0) is 34.0 Å². The predicted molar refractivity (Wildman–Crippen MR) is 68.5 cm³/mol. The summed E-state index contributed by atoms with van der Waals surface area (Å²) in [4.78, 5) is 10.9. The number of para-hydroxylation sites is 1. The van der Waals surface area contributed by atoms with Crippen molar-refractivity contribution >= 4 is 22.2 Å². The molecule has 0 atom stereocenters. The maximum Gasteiger partial charge on any atom is 0.172 e. The van der Waals surface area contributed by atoms with Gasteiger partial charge in [0.05, 0.1) is 11.4 Å². The van der Waals surface area contributed by atoms with Crippen LogP contribution in [-0.2, 0) is 0 Å². The van der Waals surface area contributed by atoms with Crippen molar-refractivity contribution in [1.29, 1.82) is 0 Å². The molecule has 2 aromatic rings. The third kappa shape index (κ3) is 2.15. The van der Waals surface area contributed by atoms with Crippen LogP contribution in [0.5, 0.6) is 0 Å². The van der Waals surface area contributed by atoms with E-state index in [9.17, 15) is 4.79 Å². The van der Waals surface area contributed by atoms with Crippen LogP contribution in [0.4, 0.5) is 0 Å². The highest BCUT2D eigenvalue weighted by atomic mass is 79.9. The molecule has 0 spiro atoms. The Bertz CT molecular complexity index is 548. The monoisotopic (exact) mass is 293 g/mol. The van der Waals surface area contributed by atoms with Crippen molar-refractivity contribution in [3.05, 3.63) is 40.1 Å². The first-order chi connectivity index (χ1) is 8.15. The Morgan fingerprint density at radius 1 is 1.35 bits per heavy atom.